The molecule has 0 spiro atoms. The topological polar surface area (TPSA) is 95.2 Å². The first-order chi connectivity index (χ1) is 10.2. The van der Waals surface area contributed by atoms with Crippen LogP contribution in [0.2, 0.25) is 0 Å². The minimum atomic E-state index is 0.211. The molecule has 1 heterocycles. The second-order valence-corrected chi connectivity index (χ2v) is 4.34. The van der Waals surface area contributed by atoms with Gasteiger partial charge in [0, 0.05) is 6.54 Å². The van der Waals surface area contributed by atoms with Crippen molar-refractivity contribution in [3.63, 3.8) is 0 Å². The van der Waals surface area contributed by atoms with Gasteiger partial charge in [-0.25, -0.2) is 0 Å². The highest BCUT2D eigenvalue weighted by Gasteiger charge is 2.06. The van der Waals surface area contributed by atoms with Crippen LogP contribution in [0.3, 0.4) is 0 Å². The van der Waals surface area contributed by atoms with Crippen LogP contribution in [0.5, 0.6) is 12.0 Å². The van der Waals surface area contributed by atoms with Crippen molar-refractivity contribution >= 4 is 5.95 Å². The van der Waals surface area contributed by atoms with E-state index in [1.54, 1.807) is 0 Å². The molecule has 0 radical (unpaired) electrons. The maximum absolute atomic E-state index is 5.53. The predicted molar refractivity (Wildman–Crippen MR) is 79.5 cm³/mol. The van der Waals surface area contributed by atoms with Crippen molar-refractivity contribution < 1.29 is 9.47 Å². The largest absolute Gasteiger partial charge is 0.467 e. The number of nitrogens with zero attached hydrogens (tertiary/aromatic N) is 3. The van der Waals surface area contributed by atoms with Crippen LogP contribution < -0.4 is 20.5 Å². The molecule has 0 aliphatic heterocycles. The van der Waals surface area contributed by atoms with Gasteiger partial charge >= 0.3 is 12.0 Å². The molecule has 0 unspecified atom stereocenters. The van der Waals surface area contributed by atoms with Crippen molar-refractivity contribution in [2.45, 2.75) is 13.0 Å². The van der Waals surface area contributed by atoms with Gasteiger partial charge in [0.25, 0.3) is 0 Å². The van der Waals surface area contributed by atoms with Gasteiger partial charge in [-0.1, -0.05) is 24.3 Å². The summed E-state index contributed by atoms with van der Waals surface area (Å²) in [7, 11) is 2.99. The summed E-state index contributed by atoms with van der Waals surface area (Å²) in [5.74, 6) is 0.407. The molecule has 0 aliphatic rings. The maximum atomic E-state index is 5.53. The second kappa shape index (κ2) is 7.39. The number of nitrogens with one attached hydrogen (secondary N) is 1. The molecule has 7 heteroatoms. The highest BCUT2D eigenvalue weighted by atomic mass is 16.5. The summed E-state index contributed by atoms with van der Waals surface area (Å²) >= 11 is 0. The lowest BCUT2D eigenvalue weighted by atomic mass is 10.1. The van der Waals surface area contributed by atoms with Gasteiger partial charge in [0.15, 0.2) is 0 Å². The quantitative estimate of drug-likeness (QED) is 0.785. The van der Waals surface area contributed by atoms with Crippen LogP contribution in [0.25, 0.3) is 0 Å². The molecule has 3 N–H and O–H groups in total. The van der Waals surface area contributed by atoms with Gasteiger partial charge in [0.2, 0.25) is 5.95 Å². The number of ether oxygens (including phenoxy) is 2. The summed E-state index contributed by atoms with van der Waals surface area (Å²) in [5, 5.41) is 3.11. The molecule has 1 aromatic heterocycles. The van der Waals surface area contributed by atoms with E-state index in [0.717, 1.165) is 12.0 Å². The first kappa shape index (κ1) is 15.0. The van der Waals surface area contributed by atoms with Crippen LogP contribution in [0.1, 0.15) is 11.1 Å². The smallest absolute Gasteiger partial charge is 0.324 e. The molecule has 0 amide bonds. The fourth-order valence-electron chi connectivity index (χ4n) is 1.77. The third kappa shape index (κ3) is 4.28. The van der Waals surface area contributed by atoms with Gasteiger partial charge in [-0.05, 0) is 24.1 Å². The lowest BCUT2D eigenvalue weighted by molar-refractivity contribution is 0.341. The Morgan fingerprint density at radius 1 is 0.952 bits per heavy atom. The Morgan fingerprint density at radius 2 is 1.52 bits per heavy atom. The van der Waals surface area contributed by atoms with E-state index >= 15 is 0 Å². The summed E-state index contributed by atoms with van der Waals surface area (Å²) in [4.78, 5) is 12.2. The summed E-state index contributed by atoms with van der Waals surface area (Å²) in [6, 6.07) is 8.66. The first-order valence-electron chi connectivity index (χ1n) is 6.61. The molecule has 0 saturated carbocycles. The van der Waals surface area contributed by atoms with Crippen LogP contribution in [-0.2, 0) is 13.0 Å². The van der Waals surface area contributed by atoms with E-state index in [-0.39, 0.29) is 12.0 Å². The molecular formula is C14H19N5O2. The lowest BCUT2D eigenvalue weighted by Crippen LogP contribution is -2.07. The molecule has 0 atom stereocenters. The number of aromatic nitrogens is 3. The van der Waals surface area contributed by atoms with E-state index in [4.69, 9.17) is 15.2 Å². The fourth-order valence-corrected chi connectivity index (χ4v) is 1.77. The lowest BCUT2D eigenvalue weighted by Gasteiger charge is -2.08. The predicted octanol–water partition coefficient (Wildman–Crippen LogP) is 1.00. The molecule has 0 fully saturated rings. The second-order valence-electron chi connectivity index (χ2n) is 4.34. The van der Waals surface area contributed by atoms with E-state index in [1.165, 1.54) is 19.8 Å². The number of hydrogen-bond acceptors (Lipinski definition) is 7. The Kier molecular flexibility index (Phi) is 5.28. The van der Waals surface area contributed by atoms with E-state index < -0.39 is 0 Å². The van der Waals surface area contributed by atoms with Crippen molar-refractivity contribution in [2.75, 3.05) is 26.1 Å². The van der Waals surface area contributed by atoms with E-state index in [0.29, 0.717) is 19.0 Å². The Bertz CT molecular complexity index is 552. The van der Waals surface area contributed by atoms with Crippen LogP contribution in [0.4, 0.5) is 5.95 Å². The van der Waals surface area contributed by atoms with Crippen LogP contribution in [0.15, 0.2) is 24.3 Å². The van der Waals surface area contributed by atoms with Crippen molar-refractivity contribution in [3.8, 4) is 12.0 Å². The first-order valence-corrected chi connectivity index (χ1v) is 6.61. The molecular weight excluding hydrogens is 270 g/mol. The molecule has 21 heavy (non-hydrogen) atoms. The Hall–Kier alpha value is -2.41. The minimum absolute atomic E-state index is 0.211. The highest BCUT2D eigenvalue weighted by Crippen LogP contribution is 2.13. The average Bonchev–Trinajstić information content (AvgIpc) is 2.54. The molecule has 0 saturated heterocycles. The zero-order valence-electron chi connectivity index (χ0n) is 12.2. The summed E-state index contributed by atoms with van der Waals surface area (Å²) in [5.41, 5.74) is 7.88. The van der Waals surface area contributed by atoms with Crippen molar-refractivity contribution in [3.05, 3.63) is 35.4 Å². The number of rotatable bonds is 7. The average molecular weight is 289 g/mol. The van der Waals surface area contributed by atoms with Crippen molar-refractivity contribution in [1.82, 2.24) is 15.0 Å². The zero-order valence-corrected chi connectivity index (χ0v) is 12.2. The van der Waals surface area contributed by atoms with E-state index in [2.05, 4.69) is 32.4 Å². The van der Waals surface area contributed by atoms with Gasteiger partial charge in [0.1, 0.15) is 0 Å². The van der Waals surface area contributed by atoms with Gasteiger partial charge in [-0.2, -0.15) is 9.97 Å². The number of benzene rings is 1. The molecule has 7 nitrogen and oxygen atoms in total. The molecule has 2 aromatic rings. The standard InChI is InChI=1S/C14H19N5O2/c1-20-13-17-12(18-14(19-13)21-2)16-9-11-5-3-10(4-6-11)7-8-15/h3-6H,7-9,15H2,1-2H3,(H,16,17,18,19). The highest BCUT2D eigenvalue weighted by molar-refractivity contribution is 5.31. The van der Waals surface area contributed by atoms with Crippen molar-refractivity contribution in [1.29, 1.82) is 0 Å². The Morgan fingerprint density at radius 3 is 2.05 bits per heavy atom. The monoisotopic (exact) mass is 289 g/mol. The molecule has 0 aliphatic carbocycles. The van der Waals surface area contributed by atoms with Crippen LogP contribution in [0, 0.1) is 0 Å². The third-order valence-electron chi connectivity index (χ3n) is 2.87. The van der Waals surface area contributed by atoms with Crippen LogP contribution in [-0.4, -0.2) is 35.7 Å². The number of anilines is 1. The summed E-state index contributed by atoms with van der Waals surface area (Å²) < 4.78 is 10.00. The third-order valence-corrected chi connectivity index (χ3v) is 2.87. The molecule has 112 valence electrons. The minimum Gasteiger partial charge on any atom is -0.467 e. The van der Waals surface area contributed by atoms with Gasteiger partial charge < -0.3 is 20.5 Å². The van der Waals surface area contributed by atoms with E-state index in [9.17, 15) is 0 Å². The van der Waals surface area contributed by atoms with Gasteiger partial charge in [0.05, 0.1) is 14.2 Å². The summed E-state index contributed by atoms with van der Waals surface area (Å²) in [6.45, 7) is 1.25. The normalized spacial score (nSPS) is 10.2. The zero-order chi connectivity index (χ0) is 15.1. The van der Waals surface area contributed by atoms with Gasteiger partial charge in [-0.3, -0.25) is 0 Å². The fraction of sp³-hybridized carbons (Fsp3) is 0.357. The van der Waals surface area contributed by atoms with Crippen molar-refractivity contribution in [2.24, 2.45) is 5.73 Å². The molecule has 0 bridgehead atoms. The number of nitrogens with two attached hydrogens (primary N) is 1. The maximum Gasteiger partial charge on any atom is 0.324 e. The SMILES string of the molecule is COc1nc(NCc2ccc(CCN)cc2)nc(OC)n1. The number of hydrogen-bond donors (Lipinski definition) is 2. The molecule has 1 aromatic carbocycles. The number of methoxy groups -OCH3 is 2. The molecule has 2 rings (SSSR count). The van der Waals surface area contributed by atoms with E-state index in [1.807, 2.05) is 12.1 Å². The van der Waals surface area contributed by atoms with Crippen LogP contribution >= 0.6 is 0 Å². The Balaban J connectivity index is 2.01. The van der Waals surface area contributed by atoms with Gasteiger partial charge in [-0.15, -0.1) is 4.98 Å². The summed E-state index contributed by atoms with van der Waals surface area (Å²) in [6.07, 6.45) is 0.884. The Labute approximate surface area is 123 Å².